The quantitative estimate of drug-likeness (QED) is 0.432. The molecule has 0 aliphatic rings. The van der Waals surface area contributed by atoms with Crippen LogP contribution in [0.3, 0.4) is 0 Å². The Hall–Kier alpha value is -4.81. The summed E-state index contributed by atoms with van der Waals surface area (Å²) in [7, 11) is 1.43. The van der Waals surface area contributed by atoms with Crippen LogP contribution in [0.1, 0.15) is 31.3 Å². The fourth-order valence-corrected chi connectivity index (χ4v) is 3.09. The molecule has 0 radical (unpaired) electrons. The Balaban J connectivity index is 1.80. The monoisotopic (exact) mass is 479 g/mol. The number of carboxylic acids is 1. The maximum absolute atomic E-state index is 13.0. The second-order valence-corrected chi connectivity index (χ2v) is 8.34. The third kappa shape index (κ3) is 4.78. The molecule has 0 spiro atoms. The molecule has 4 heterocycles. The number of aromatic nitrogens is 5. The molecule has 4 rings (SSSR count). The average molecular weight is 479 g/mol. The second-order valence-electron chi connectivity index (χ2n) is 8.34. The van der Waals surface area contributed by atoms with Crippen molar-refractivity contribution in [3.8, 4) is 5.82 Å². The molecular weight excluding hydrogens is 458 g/mol. The van der Waals surface area contributed by atoms with Crippen LogP contribution < -0.4 is 15.8 Å². The summed E-state index contributed by atoms with van der Waals surface area (Å²) in [6.07, 6.45) is 3.68. The number of carbonyl (C=O) groups excluding carboxylic acids is 1. The van der Waals surface area contributed by atoms with Crippen molar-refractivity contribution in [1.29, 1.82) is 0 Å². The lowest BCUT2D eigenvalue weighted by Crippen LogP contribution is -2.34. The summed E-state index contributed by atoms with van der Waals surface area (Å²) in [6.45, 7) is 5.13. The molecule has 1 amide bonds. The van der Waals surface area contributed by atoms with Gasteiger partial charge in [-0.05, 0) is 32.9 Å². The maximum atomic E-state index is 13.0. The molecule has 0 saturated carbocycles. The number of pyridine rings is 2. The zero-order valence-electron chi connectivity index (χ0n) is 19.2. The molecule has 0 saturated heterocycles. The number of amides is 1. The molecule has 0 atom stereocenters. The summed E-state index contributed by atoms with van der Waals surface area (Å²) in [5.74, 6) is -1.64. The van der Waals surface area contributed by atoms with E-state index >= 15 is 0 Å². The van der Waals surface area contributed by atoms with E-state index in [0.29, 0.717) is 5.82 Å². The lowest BCUT2D eigenvalue weighted by molar-refractivity contribution is 0.0588. The van der Waals surface area contributed by atoms with Gasteiger partial charge in [0.05, 0.1) is 5.69 Å². The van der Waals surface area contributed by atoms with E-state index < -0.39 is 29.0 Å². The van der Waals surface area contributed by atoms with Crippen molar-refractivity contribution in [2.24, 2.45) is 0 Å². The van der Waals surface area contributed by atoms with Crippen LogP contribution in [0.4, 0.5) is 22.1 Å². The predicted molar refractivity (Wildman–Crippen MR) is 124 cm³/mol. The SMILES string of the molecule is CN(C(=O)OC(C)(C)C)c1cc(Nc2nccn(-c3ccccn3)c2=O)nc2c(C(=O)O)onc12. The third-order valence-electron chi connectivity index (χ3n) is 4.62. The van der Waals surface area contributed by atoms with Crippen molar-refractivity contribution in [1.82, 2.24) is 24.7 Å². The summed E-state index contributed by atoms with van der Waals surface area (Å²) in [5, 5.41) is 16.0. The normalized spacial score (nSPS) is 11.3. The van der Waals surface area contributed by atoms with Gasteiger partial charge in [-0.2, -0.15) is 0 Å². The molecule has 0 aliphatic heterocycles. The lowest BCUT2D eigenvalue weighted by Gasteiger charge is -2.24. The number of fused-ring (bicyclic) bond motifs is 1. The van der Waals surface area contributed by atoms with E-state index in [1.54, 1.807) is 45.2 Å². The number of nitrogens with one attached hydrogen (secondary N) is 1. The highest BCUT2D eigenvalue weighted by atomic mass is 16.6. The Morgan fingerprint density at radius 2 is 1.94 bits per heavy atom. The zero-order valence-corrected chi connectivity index (χ0v) is 19.2. The number of anilines is 3. The molecule has 4 aromatic rings. The predicted octanol–water partition coefficient (Wildman–Crippen LogP) is 2.98. The van der Waals surface area contributed by atoms with Gasteiger partial charge in [-0.3, -0.25) is 14.3 Å². The van der Waals surface area contributed by atoms with E-state index in [2.05, 4.69) is 25.4 Å². The second kappa shape index (κ2) is 8.85. The lowest BCUT2D eigenvalue weighted by atomic mass is 10.2. The molecule has 0 unspecified atom stereocenters. The minimum atomic E-state index is -1.40. The largest absolute Gasteiger partial charge is 0.475 e. The molecule has 13 heteroatoms. The zero-order chi connectivity index (χ0) is 25.3. The Labute approximate surface area is 198 Å². The van der Waals surface area contributed by atoms with Crippen LogP contribution in [-0.4, -0.2) is 54.5 Å². The number of rotatable bonds is 5. The van der Waals surface area contributed by atoms with E-state index in [-0.39, 0.29) is 28.4 Å². The molecule has 35 heavy (non-hydrogen) atoms. The summed E-state index contributed by atoms with van der Waals surface area (Å²) in [4.78, 5) is 50.9. The number of aromatic carboxylic acids is 1. The van der Waals surface area contributed by atoms with E-state index in [9.17, 15) is 19.5 Å². The van der Waals surface area contributed by atoms with Crippen LogP contribution in [-0.2, 0) is 4.74 Å². The van der Waals surface area contributed by atoms with Crippen LogP contribution in [0.15, 0.2) is 52.2 Å². The number of hydrogen-bond donors (Lipinski definition) is 2. The van der Waals surface area contributed by atoms with Crippen LogP contribution >= 0.6 is 0 Å². The molecule has 2 N–H and O–H groups in total. The number of ether oxygens (including phenoxy) is 1. The highest BCUT2D eigenvalue weighted by Crippen LogP contribution is 2.31. The molecule has 0 fully saturated rings. The summed E-state index contributed by atoms with van der Waals surface area (Å²) in [5.41, 5.74) is -1.27. The number of carboxylic acid groups (broad SMARTS) is 1. The summed E-state index contributed by atoms with van der Waals surface area (Å²) >= 11 is 0. The van der Waals surface area contributed by atoms with Crippen molar-refractivity contribution in [3.63, 3.8) is 0 Å². The fraction of sp³-hybridized carbons (Fsp3) is 0.227. The van der Waals surface area contributed by atoms with Crippen molar-refractivity contribution in [3.05, 3.63) is 59.0 Å². The van der Waals surface area contributed by atoms with Gasteiger partial charge in [0.15, 0.2) is 11.3 Å². The first-order valence-electron chi connectivity index (χ1n) is 10.3. The first-order chi connectivity index (χ1) is 16.5. The van der Waals surface area contributed by atoms with Crippen LogP contribution in [0.2, 0.25) is 0 Å². The molecule has 0 aromatic carbocycles. The van der Waals surface area contributed by atoms with Crippen LogP contribution in [0, 0.1) is 0 Å². The first kappa shape index (κ1) is 23.4. The van der Waals surface area contributed by atoms with Gasteiger partial charge in [0, 0.05) is 31.7 Å². The number of nitrogens with zero attached hydrogens (tertiary/aromatic N) is 6. The maximum Gasteiger partial charge on any atom is 0.414 e. The van der Waals surface area contributed by atoms with Crippen molar-refractivity contribution in [2.45, 2.75) is 26.4 Å². The van der Waals surface area contributed by atoms with Crippen molar-refractivity contribution in [2.75, 3.05) is 17.3 Å². The summed E-state index contributed by atoms with van der Waals surface area (Å²) in [6, 6.07) is 6.50. The Kier molecular flexibility index (Phi) is 5.91. The van der Waals surface area contributed by atoms with Gasteiger partial charge in [-0.1, -0.05) is 11.2 Å². The number of carbonyl (C=O) groups is 2. The minimum Gasteiger partial charge on any atom is -0.475 e. The average Bonchev–Trinajstić information content (AvgIpc) is 3.23. The van der Waals surface area contributed by atoms with Gasteiger partial charge >= 0.3 is 12.1 Å². The number of hydrogen-bond acceptors (Lipinski definition) is 10. The summed E-state index contributed by atoms with van der Waals surface area (Å²) < 4.78 is 11.6. The minimum absolute atomic E-state index is 0.0215. The standard InChI is InChI=1S/C22H21N7O6/c1-22(2,3)34-21(33)28(4)12-11-13(25-16-15(12)27-35-17(16)20(31)32)26-18-19(30)29(10-9-24-18)14-7-5-6-8-23-14/h5-11H,1-4H3,(H,31,32)(H,24,25,26). The van der Waals surface area contributed by atoms with Gasteiger partial charge in [-0.25, -0.2) is 24.5 Å². The van der Waals surface area contributed by atoms with E-state index in [1.165, 1.54) is 30.1 Å². The molecule has 4 aromatic heterocycles. The van der Waals surface area contributed by atoms with Crippen LogP contribution in [0.25, 0.3) is 16.9 Å². The third-order valence-corrected chi connectivity index (χ3v) is 4.62. The van der Waals surface area contributed by atoms with Gasteiger partial charge in [0.25, 0.3) is 11.3 Å². The van der Waals surface area contributed by atoms with Gasteiger partial charge in [0.1, 0.15) is 22.8 Å². The molecular formula is C22H21N7O6. The first-order valence-corrected chi connectivity index (χ1v) is 10.3. The van der Waals surface area contributed by atoms with Crippen molar-refractivity contribution >= 4 is 40.4 Å². The highest BCUT2D eigenvalue weighted by molar-refractivity contribution is 6.05. The Morgan fingerprint density at radius 3 is 2.60 bits per heavy atom. The van der Waals surface area contributed by atoms with Gasteiger partial charge in [0.2, 0.25) is 0 Å². The van der Waals surface area contributed by atoms with E-state index in [1.807, 2.05) is 0 Å². The van der Waals surface area contributed by atoms with Crippen molar-refractivity contribution < 1.29 is 24.0 Å². The molecule has 0 aliphatic carbocycles. The molecule has 13 nitrogen and oxygen atoms in total. The smallest absolute Gasteiger partial charge is 0.414 e. The van der Waals surface area contributed by atoms with E-state index in [0.717, 1.165) is 4.90 Å². The van der Waals surface area contributed by atoms with Crippen LogP contribution in [0.5, 0.6) is 0 Å². The van der Waals surface area contributed by atoms with Gasteiger partial charge < -0.3 is 19.7 Å². The Morgan fingerprint density at radius 1 is 1.17 bits per heavy atom. The molecule has 180 valence electrons. The fourth-order valence-electron chi connectivity index (χ4n) is 3.09. The Bertz CT molecular complexity index is 1470. The molecule has 0 bridgehead atoms. The highest BCUT2D eigenvalue weighted by Gasteiger charge is 2.27. The van der Waals surface area contributed by atoms with E-state index in [4.69, 9.17) is 9.26 Å². The topological polar surface area (TPSA) is 166 Å². The van der Waals surface area contributed by atoms with Gasteiger partial charge in [-0.15, -0.1) is 0 Å².